The van der Waals surface area contributed by atoms with Crippen molar-refractivity contribution in [2.45, 2.75) is 13.0 Å². The van der Waals surface area contributed by atoms with Crippen molar-refractivity contribution in [1.82, 2.24) is 5.43 Å². The van der Waals surface area contributed by atoms with Crippen LogP contribution in [0.25, 0.3) is 0 Å². The highest BCUT2D eigenvalue weighted by atomic mass is 127. The second kappa shape index (κ2) is 5.11. The highest BCUT2D eigenvalue weighted by Crippen LogP contribution is 2.27. The molecule has 1 aromatic rings. The summed E-state index contributed by atoms with van der Waals surface area (Å²) in [5.74, 6) is 5.47. The fraction of sp³-hybridized carbons (Fsp3) is 0.200. The Morgan fingerprint density at radius 1 is 1.64 bits per heavy atom. The summed E-state index contributed by atoms with van der Waals surface area (Å²) in [6.45, 7) is 5.82. The average Bonchev–Trinajstić information content (AvgIpc) is 2.11. The molecule has 0 aliphatic heterocycles. The summed E-state index contributed by atoms with van der Waals surface area (Å²) >= 11 is 8.17. The van der Waals surface area contributed by atoms with E-state index in [4.69, 9.17) is 17.4 Å². The van der Waals surface area contributed by atoms with Crippen molar-refractivity contribution in [2.24, 2.45) is 5.84 Å². The summed E-state index contributed by atoms with van der Waals surface area (Å²) in [7, 11) is 0. The van der Waals surface area contributed by atoms with Gasteiger partial charge in [-0.3, -0.25) is 5.84 Å². The molecular formula is C10H12ClIN2. The van der Waals surface area contributed by atoms with Crippen molar-refractivity contribution in [1.29, 1.82) is 0 Å². The van der Waals surface area contributed by atoms with Crippen molar-refractivity contribution in [3.8, 4) is 0 Å². The number of halogens is 2. The second-order valence-electron chi connectivity index (χ2n) is 3.11. The van der Waals surface area contributed by atoms with Crippen LogP contribution in [0.1, 0.15) is 18.5 Å². The van der Waals surface area contributed by atoms with Gasteiger partial charge in [0, 0.05) is 8.59 Å². The molecule has 14 heavy (non-hydrogen) atoms. The lowest BCUT2D eigenvalue weighted by atomic mass is 10.0. The Morgan fingerprint density at radius 2 is 2.29 bits per heavy atom. The molecular weight excluding hydrogens is 310 g/mol. The number of benzene rings is 1. The van der Waals surface area contributed by atoms with Gasteiger partial charge in [0.25, 0.3) is 0 Å². The summed E-state index contributed by atoms with van der Waals surface area (Å²) < 4.78 is 1.12. The lowest BCUT2D eigenvalue weighted by Gasteiger charge is -2.18. The Balaban J connectivity index is 3.15. The quantitative estimate of drug-likeness (QED) is 0.388. The minimum atomic E-state index is -0.0411. The third kappa shape index (κ3) is 2.70. The van der Waals surface area contributed by atoms with E-state index in [0.29, 0.717) is 5.02 Å². The largest absolute Gasteiger partial charge is 0.271 e. The second-order valence-corrected chi connectivity index (χ2v) is 4.71. The fourth-order valence-corrected chi connectivity index (χ4v) is 2.06. The van der Waals surface area contributed by atoms with Gasteiger partial charge in [0.2, 0.25) is 0 Å². The van der Waals surface area contributed by atoms with Crippen LogP contribution in [0.3, 0.4) is 0 Å². The Labute approximate surface area is 103 Å². The first-order chi connectivity index (χ1) is 6.56. The van der Waals surface area contributed by atoms with Gasteiger partial charge in [0.15, 0.2) is 0 Å². The molecule has 2 nitrogen and oxygen atoms in total. The van der Waals surface area contributed by atoms with Gasteiger partial charge in [0.05, 0.1) is 6.04 Å². The molecule has 0 bridgehead atoms. The van der Waals surface area contributed by atoms with Gasteiger partial charge in [-0.25, -0.2) is 5.43 Å². The van der Waals surface area contributed by atoms with E-state index in [1.165, 1.54) is 0 Å². The molecule has 0 amide bonds. The zero-order chi connectivity index (χ0) is 10.7. The predicted molar refractivity (Wildman–Crippen MR) is 69.0 cm³/mol. The van der Waals surface area contributed by atoms with E-state index in [9.17, 15) is 0 Å². The van der Waals surface area contributed by atoms with Crippen LogP contribution in [-0.2, 0) is 0 Å². The van der Waals surface area contributed by atoms with Crippen molar-refractivity contribution < 1.29 is 0 Å². The Bertz CT molecular complexity index is 352. The molecule has 1 aromatic carbocycles. The zero-order valence-corrected chi connectivity index (χ0v) is 10.8. The van der Waals surface area contributed by atoms with Gasteiger partial charge < -0.3 is 0 Å². The zero-order valence-electron chi connectivity index (χ0n) is 7.85. The number of hydrazine groups is 1. The third-order valence-corrected chi connectivity index (χ3v) is 3.15. The maximum Gasteiger partial charge on any atom is 0.0675 e. The van der Waals surface area contributed by atoms with Crippen molar-refractivity contribution in [2.75, 3.05) is 0 Å². The highest BCUT2D eigenvalue weighted by molar-refractivity contribution is 14.1. The summed E-state index contributed by atoms with van der Waals surface area (Å²) in [6.07, 6.45) is 0. The Morgan fingerprint density at radius 3 is 2.79 bits per heavy atom. The molecule has 1 atom stereocenters. The van der Waals surface area contributed by atoms with Crippen LogP contribution in [0, 0.1) is 3.57 Å². The number of hydrogen-bond acceptors (Lipinski definition) is 2. The number of nitrogens with one attached hydrogen (secondary N) is 1. The minimum Gasteiger partial charge on any atom is -0.271 e. The lowest BCUT2D eigenvalue weighted by molar-refractivity contribution is 0.625. The van der Waals surface area contributed by atoms with E-state index in [2.05, 4.69) is 34.6 Å². The predicted octanol–water partition coefficient (Wildman–Crippen LogP) is 3.03. The van der Waals surface area contributed by atoms with Crippen molar-refractivity contribution in [3.05, 3.63) is 44.5 Å². The standard InChI is InChI=1S/C10H12ClIN2/c1-6(2)10(14-13)8-5-7(11)3-4-9(8)12/h3-5,10,14H,1,13H2,2H3. The average molecular weight is 323 g/mol. The van der Waals surface area contributed by atoms with E-state index < -0.39 is 0 Å². The van der Waals surface area contributed by atoms with Gasteiger partial charge in [-0.2, -0.15) is 0 Å². The Hall–Kier alpha value is -0.100. The first kappa shape index (κ1) is 12.0. The van der Waals surface area contributed by atoms with Gasteiger partial charge >= 0.3 is 0 Å². The molecule has 0 aliphatic rings. The van der Waals surface area contributed by atoms with Crippen LogP contribution >= 0.6 is 34.2 Å². The van der Waals surface area contributed by atoms with Gasteiger partial charge in [-0.1, -0.05) is 23.8 Å². The maximum atomic E-state index is 5.92. The van der Waals surface area contributed by atoms with Crippen LogP contribution < -0.4 is 11.3 Å². The lowest BCUT2D eigenvalue weighted by Crippen LogP contribution is -2.29. The summed E-state index contributed by atoms with van der Waals surface area (Å²) in [5.41, 5.74) is 4.75. The number of rotatable bonds is 3. The van der Waals surface area contributed by atoms with Crippen LogP contribution in [0.15, 0.2) is 30.4 Å². The van der Waals surface area contributed by atoms with Crippen LogP contribution in [0.4, 0.5) is 0 Å². The minimum absolute atomic E-state index is 0.0411. The topological polar surface area (TPSA) is 38.0 Å². The van der Waals surface area contributed by atoms with Gasteiger partial charge in [-0.05, 0) is 53.3 Å². The number of nitrogens with two attached hydrogens (primary N) is 1. The van der Waals surface area contributed by atoms with Crippen LogP contribution in [-0.4, -0.2) is 0 Å². The molecule has 1 rings (SSSR count). The third-order valence-electron chi connectivity index (χ3n) is 1.93. The molecule has 0 fully saturated rings. The SMILES string of the molecule is C=C(C)C(NN)c1cc(Cl)ccc1I. The Kier molecular flexibility index (Phi) is 4.37. The molecule has 0 aliphatic carbocycles. The first-order valence-electron chi connectivity index (χ1n) is 4.12. The van der Waals surface area contributed by atoms with Crippen molar-refractivity contribution in [3.63, 3.8) is 0 Å². The molecule has 0 heterocycles. The smallest absolute Gasteiger partial charge is 0.0675 e. The summed E-state index contributed by atoms with van der Waals surface area (Å²) in [6, 6.07) is 5.69. The molecule has 4 heteroatoms. The highest BCUT2D eigenvalue weighted by Gasteiger charge is 2.13. The summed E-state index contributed by atoms with van der Waals surface area (Å²) in [5, 5.41) is 0.710. The normalized spacial score (nSPS) is 12.6. The van der Waals surface area contributed by atoms with E-state index in [1.54, 1.807) is 0 Å². The maximum absolute atomic E-state index is 5.92. The monoisotopic (exact) mass is 322 g/mol. The molecule has 0 spiro atoms. The summed E-state index contributed by atoms with van der Waals surface area (Å²) in [4.78, 5) is 0. The van der Waals surface area contributed by atoms with Gasteiger partial charge in [0.1, 0.15) is 0 Å². The van der Waals surface area contributed by atoms with Crippen molar-refractivity contribution >= 4 is 34.2 Å². The number of hydrogen-bond donors (Lipinski definition) is 2. The van der Waals surface area contributed by atoms with Crippen LogP contribution in [0.5, 0.6) is 0 Å². The molecule has 1 unspecified atom stereocenters. The molecule has 0 saturated carbocycles. The van der Waals surface area contributed by atoms with E-state index in [0.717, 1.165) is 14.7 Å². The van der Waals surface area contributed by atoms with E-state index >= 15 is 0 Å². The van der Waals surface area contributed by atoms with Gasteiger partial charge in [-0.15, -0.1) is 0 Å². The molecule has 0 aromatic heterocycles. The van der Waals surface area contributed by atoms with E-state index in [-0.39, 0.29) is 6.04 Å². The molecule has 0 saturated heterocycles. The van der Waals surface area contributed by atoms with Crippen LogP contribution in [0.2, 0.25) is 5.02 Å². The molecule has 3 N–H and O–H groups in total. The molecule has 76 valence electrons. The molecule has 0 radical (unpaired) electrons. The first-order valence-corrected chi connectivity index (χ1v) is 5.58. The fourth-order valence-electron chi connectivity index (χ4n) is 1.23. The van der Waals surface area contributed by atoms with E-state index in [1.807, 2.05) is 25.1 Å².